The molecule has 4 rings (SSSR count). The third-order valence-electron chi connectivity index (χ3n) is 5.76. The van der Waals surface area contributed by atoms with E-state index >= 15 is 0 Å². The molecule has 3 heterocycles. The number of methoxy groups -OCH3 is 1. The summed E-state index contributed by atoms with van der Waals surface area (Å²) in [6.07, 6.45) is 6.04. The van der Waals surface area contributed by atoms with Crippen LogP contribution < -0.4 is 10.1 Å². The lowest BCUT2D eigenvalue weighted by Crippen LogP contribution is -2.43. The number of aryl methyl sites for hydroxylation is 2. The first-order valence-corrected chi connectivity index (χ1v) is 9.87. The van der Waals surface area contributed by atoms with Crippen LogP contribution in [-0.2, 0) is 19.4 Å². The molecule has 27 heavy (non-hydrogen) atoms. The Labute approximate surface area is 160 Å². The van der Waals surface area contributed by atoms with E-state index in [9.17, 15) is 4.79 Å². The van der Waals surface area contributed by atoms with E-state index in [2.05, 4.69) is 27.1 Å². The fourth-order valence-corrected chi connectivity index (χ4v) is 4.36. The second-order valence-electron chi connectivity index (χ2n) is 7.54. The predicted octanol–water partition coefficient (Wildman–Crippen LogP) is 2.89. The summed E-state index contributed by atoms with van der Waals surface area (Å²) in [6.45, 7) is 5.18. The number of amides is 2. The minimum absolute atomic E-state index is 0.0298. The van der Waals surface area contributed by atoms with Gasteiger partial charge in [-0.1, -0.05) is 12.1 Å². The van der Waals surface area contributed by atoms with Crippen molar-refractivity contribution in [3.63, 3.8) is 0 Å². The van der Waals surface area contributed by atoms with E-state index in [1.165, 1.54) is 11.1 Å². The minimum atomic E-state index is 0.0298. The van der Waals surface area contributed by atoms with Crippen LogP contribution in [0.25, 0.3) is 0 Å². The van der Waals surface area contributed by atoms with Crippen molar-refractivity contribution in [1.82, 2.24) is 19.8 Å². The van der Waals surface area contributed by atoms with Crippen LogP contribution in [0.5, 0.6) is 5.75 Å². The highest BCUT2D eigenvalue weighted by Crippen LogP contribution is 2.27. The van der Waals surface area contributed by atoms with Gasteiger partial charge in [0.1, 0.15) is 11.6 Å². The average molecular weight is 368 g/mol. The average Bonchev–Trinajstić information content (AvgIpc) is 2.93. The number of fused-ring (bicyclic) bond motifs is 2. The van der Waals surface area contributed by atoms with E-state index in [1.54, 1.807) is 7.11 Å². The number of hydrogen-bond donors (Lipinski definition) is 1. The molecule has 1 aromatic heterocycles. The molecule has 6 nitrogen and oxygen atoms in total. The molecule has 0 spiro atoms. The van der Waals surface area contributed by atoms with E-state index < -0.39 is 0 Å². The molecule has 0 bridgehead atoms. The number of imidazole rings is 1. The molecule has 1 N–H and O–H groups in total. The Morgan fingerprint density at radius 3 is 3.00 bits per heavy atom. The first-order valence-electron chi connectivity index (χ1n) is 9.87. The number of aromatic nitrogens is 2. The minimum Gasteiger partial charge on any atom is -0.496 e. The highest BCUT2D eigenvalue weighted by atomic mass is 16.5. The smallest absolute Gasteiger partial charge is 0.317 e. The monoisotopic (exact) mass is 368 g/mol. The number of carbonyl (C=O) groups excluding carboxylic acids is 1. The van der Waals surface area contributed by atoms with Gasteiger partial charge in [-0.2, -0.15) is 0 Å². The van der Waals surface area contributed by atoms with Gasteiger partial charge >= 0.3 is 6.03 Å². The second-order valence-corrected chi connectivity index (χ2v) is 7.54. The van der Waals surface area contributed by atoms with Crippen molar-refractivity contribution in [2.45, 2.75) is 45.1 Å². The van der Waals surface area contributed by atoms with Gasteiger partial charge in [-0.25, -0.2) is 9.78 Å². The number of nitrogens with zero attached hydrogens (tertiary/aromatic N) is 3. The van der Waals surface area contributed by atoms with Crippen LogP contribution in [0.1, 0.15) is 41.4 Å². The van der Waals surface area contributed by atoms with Gasteiger partial charge in [0.2, 0.25) is 0 Å². The van der Waals surface area contributed by atoms with Gasteiger partial charge in [0.25, 0.3) is 0 Å². The topological polar surface area (TPSA) is 59.4 Å². The number of benzene rings is 1. The van der Waals surface area contributed by atoms with Crippen molar-refractivity contribution in [2.75, 3.05) is 26.7 Å². The van der Waals surface area contributed by atoms with Gasteiger partial charge in [0, 0.05) is 38.3 Å². The maximum absolute atomic E-state index is 12.8. The van der Waals surface area contributed by atoms with Crippen LogP contribution in [0.3, 0.4) is 0 Å². The molecule has 0 saturated carbocycles. The van der Waals surface area contributed by atoms with Crippen LogP contribution in [0, 0.1) is 6.92 Å². The van der Waals surface area contributed by atoms with Crippen molar-refractivity contribution in [1.29, 1.82) is 0 Å². The van der Waals surface area contributed by atoms with Gasteiger partial charge in [-0.15, -0.1) is 0 Å². The zero-order chi connectivity index (χ0) is 18.8. The Bertz CT molecular complexity index is 830. The summed E-state index contributed by atoms with van der Waals surface area (Å²) in [5, 5.41) is 3.16. The number of carbonyl (C=O) groups is 1. The molecule has 6 heteroatoms. The molecule has 1 aromatic carbocycles. The lowest BCUT2D eigenvalue weighted by Gasteiger charge is -2.26. The lowest BCUT2D eigenvalue weighted by atomic mass is 9.99. The highest BCUT2D eigenvalue weighted by molar-refractivity contribution is 5.74. The Kier molecular flexibility index (Phi) is 5.05. The van der Waals surface area contributed by atoms with Gasteiger partial charge in [0.05, 0.1) is 12.8 Å². The molecule has 0 unspecified atom stereocenters. The van der Waals surface area contributed by atoms with E-state index in [0.29, 0.717) is 12.5 Å². The summed E-state index contributed by atoms with van der Waals surface area (Å²) in [5.41, 5.74) is 3.58. The van der Waals surface area contributed by atoms with Crippen LogP contribution >= 0.6 is 0 Å². The normalized spacial score (nSPS) is 19.0. The molecule has 0 radical (unpaired) electrons. The standard InChI is InChI=1S/C21H28N4O2/c1-15-14-25-10-4-6-17(20(25)23-15)13-22-21(26)24-11-8-16-5-3-7-19(27-2)18(16)9-12-24/h3,5,7,14,17H,4,6,8-13H2,1-2H3,(H,22,26)/t17-/m0/s1. The zero-order valence-electron chi connectivity index (χ0n) is 16.2. The number of nitrogens with one attached hydrogen (secondary N) is 1. The largest absolute Gasteiger partial charge is 0.496 e. The predicted molar refractivity (Wildman–Crippen MR) is 104 cm³/mol. The molecule has 2 aromatic rings. The molecule has 0 aliphatic carbocycles. The first kappa shape index (κ1) is 17.9. The van der Waals surface area contributed by atoms with E-state index in [0.717, 1.165) is 62.6 Å². The quantitative estimate of drug-likeness (QED) is 0.906. The van der Waals surface area contributed by atoms with Gasteiger partial charge < -0.3 is 19.5 Å². The molecule has 1 atom stereocenters. The molecule has 0 saturated heterocycles. The van der Waals surface area contributed by atoms with E-state index in [1.807, 2.05) is 24.0 Å². The Hall–Kier alpha value is -2.50. The fourth-order valence-electron chi connectivity index (χ4n) is 4.36. The molecular formula is C21H28N4O2. The van der Waals surface area contributed by atoms with Crippen molar-refractivity contribution in [2.24, 2.45) is 0 Å². The third kappa shape index (κ3) is 3.66. The maximum Gasteiger partial charge on any atom is 0.317 e. The Balaban J connectivity index is 1.37. The van der Waals surface area contributed by atoms with Crippen LogP contribution in [0.4, 0.5) is 4.79 Å². The fraction of sp³-hybridized carbons (Fsp3) is 0.524. The zero-order valence-corrected chi connectivity index (χ0v) is 16.2. The number of urea groups is 1. The van der Waals surface area contributed by atoms with Gasteiger partial charge in [0.15, 0.2) is 0 Å². The highest BCUT2D eigenvalue weighted by Gasteiger charge is 2.25. The number of ether oxygens (including phenoxy) is 1. The molecule has 2 amide bonds. The SMILES string of the molecule is COc1cccc2c1CCN(C(=O)NC[C@@H]1CCCn3cc(C)nc31)CC2. The summed E-state index contributed by atoms with van der Waals surface area (Å²) in [7, 11) is 1.71. The lowest BCUT2D eigenvalue weighted by molar-refractivity contribution is 0.198. The van der Waals surface area contributed by atoms with Gasteiger partial charge in [-0.3, -0.25) is 0 Å². The summed E-state index contributed by atoms with van der Waals surface area (Å²) in [4.78, 5) is 19.4. The van der Waals surface area contributed by atoms with Crippen molar-refractivity contribution in [3.05, 3.63) is 47.0 Å². The number of rotatable bonds is 3. The van der Waals surface area contributed by atoms with Crippen molar-refractivity contribution >= 4 is 6.03 Å². The summed E-state index contributed by atoms with van der Waals surface area (Å²) in [5.74, 6) is 2.35. The third-order valence-corrected chi connectivity index (χ3v) is 5.76. The second kappa shape index (κ2) is 7.62. The summed E-state index contributed by atoms with van der Waals surface area (Å²) >= 11 is 0. The first-order chi connectivity index (χ1) is 13.2. The van der Waals surface area contributed by atoms with E-state index in [-0.39, 0.29) is 6.03 Å². The molecule has 2 aliphatic heterocycles. The summed E-state index contributed by atoms with van der Waals surface area (Å²) in [6, 6.07) is 6.20. The Morgan fingerprint density at radius 2 is 2.15 bits per heavy atom. The summed E-state index contributed by atoms with van der Waals surface area (Å²) < 4.78 is 7.74. The molecular weight excluding hydrogens is 340 g/mol. The van der Waals surface area contributed by atoms with Crippen LogP contribution in [0.15, 0.2) is 24.4 Å². The Morgan fingerprint density at radius 1 is 1.30 bits per heavy atom. The molecule has 2 aliphatic rings. The number of hydrogen-bond acceptors (Lipinski definition) is 3. The molecule has 0 fully saturated rings. The van der Waals surface area contributed by atoms with Gasteiger partial charge in [-0.05, 0) is 49.8 Å². The maximum atomic E-state index is 12.8. The van der Waals surface area contributed by atoms with Crippen LogP contribution in [0.2, 0.25) is 0 Å². The van der Waals surface area contributed by atoms with Crippen molar-refractivity contribution < 1.29 is 9.53 Å². The van der Waals surface area contributed by atoms with E-state index in [4.69, 9.17) is 4.74 Å². The van der Waals surface area contributed by atoms with Crippen molar-refractivity contribution in [3.8, 4) is 5.75 Å². The van der Waals surface area contributed by atoms with Crippen LogP contribution in [-0.4, -0.2) is 47.2 Å². The molecule has 144 valence electrons.